The van der Waals surface area contributed by atoms with E-state index < -0.39 is 0 Å². The summed E-state index contributed by atoms with van der Waals surface area (Å²) in [5, 5.41) is 3.69. The summed E-state index contributed by atoms with van der Waals surface area (Å²) in [5.41, 5.74) is 1.39. The van der Waals surface area contributed by atoms with Crippen LogP contribution in [0.1, 0.15) is 11.6 Å². The number of nitrogens with one attached hydrogen (secondary N) is 1. The highest BCUT2D eigenvalue weighted by Crippen LogP contribution is 2.24. The Bertz CT molecular complexity index is 423. The Morgan fingerprint density at radius 3 is 3.00 bits per heavy atom. The Hall–Kier alpha value is -0.420. The third-order valence-corrected chi connectivity index (χ3v) is 4.57. The van der Waals surface area contributed by atoms with Gasteiger partial charge < -0.3 is 10.2 Å². The van der Waals surface area contributed by atoms with Crippen LogP contribution < -0.4 is 5.32 Å². The molecule has 0 bridgehead atoms. The first kappa shape index (κ1) is 12.6. The second kappa shape index (κ2) is 5.29. The fourth-order valence-corrected chi connectivity index (χ4v) is 3.42. The Morgan fingerprint density at radius 1 is 1.28 bits per heavy atom. The van der Waals surface area contributed by atoms with Gasteiger partial charge in [0.1, 0.15) is 0 Å². The summed E-state index contributed by atoms with van der Waals surface area (Å²) in [5.74, 6) is 0. The van der Waals surface area contributed by atoms with Gasteiger partial charge in [-0.2, -0.15) is 0 Å². The van der Waals surface area contributed by atoms with Crippen molar-refractivity contribution in [1.82, 2.24) is 15.1 Å². The average Bonchev–Trinajstić information content (AvgIpc) is 2.38. The van der Waals surface area contributed by atoms with Crippen LogP contribution >= 0.6 is 15.9 Å². The van der Waals surface area contributed by atoms with E-state index in [1.54, 1.807) is 0 Å². The molecule has 3 nitrogen and oxygen atoms in total. The molecule has 0 amide bonds. The van der Waals surface area contributed by atoms with E-state index in [0.29, 0.717) is 12.1 Å². The van der Waals surface area contributed by atoms with Crippen molar-refractivity contribution in [1.29, 1.82) is 0 Å². The topological polar surface area (TPSA) is 18.5 Å². The van der Waals surface area contributed by atoms with Crippen LogP contribution in [0, 0.1) is 0 Å². The molecule has 1 aromatic rings. The lowest BCUT2D eigenvalue weighted by Gasteiger charge is -2.46. The minimum atomic E-state index is 0.474. The normalized spacial score (nSPS) is 30.1. The Labute approximate surface area is 117 Å². The zero-order valence-electron chi connectivity index (χ0n) is 10.8. The molecule has 0 aromatic heterocycles. The fraction of sp³-hybridized carbons (Fsp3) is 0.571. The number of hydrogen-bond acceptors (Lipinski definition) is 3. The van der Waals surface area contributed by atoms with Crippen molar-refractivity contribution < 1.29 is 0 Å². The van der Waals surface area contributed by atoms with Crippen LogP contribution in [0.4, 0.5) is 0 Å². The maximum atomic E-state index is 3.69. The smallest absolute Gasteiger partial charge is 0.0450 e. The lowest BCUT2D eigenvalue weighted by molar-refractivity contribution is 0.0538. The number of nitrogens with zero attached hydrogens (tertiary/aromatic N) is 2. The number of benzene rings is 1. The van der Waals surface area contributed by atoms with Gasteiger partial charge in [-0.3, -0.25) is 4.90 Å². The van der Waals surface area contributed by atoms with Gasteiger partial charge in [0, 0.05) is 49.3 Å². The number of rotatable bonds is 1. The fourth-order valence-electron chi connectivity index (χ4n) is 3.01. The second-order valence-electron chi connectivity index (χ2n) is 5.43. The van der Waals surface area contributed by atoms with Crippen LogP contribution in [0.2, 0.25) is 0 Å². The third kappa shape index (κ3) is 2.62. The Morgan fingerprint density at radius 2 is 2.17 bits per heavy atom. The zero-order valence-corrected chi connectivity index (χ0v) is 12.4. The van der Waals surface area contributed by atoms with Gasteiger partial charge in [-0.15, -0.1) is 0 Å². The number of hydrogen-bond donors (Lipinski definition) is 1. The minimum Gasteiger partial charge on any atom is -0.307 e. The molecule has 2 atom stereocenters. The van der Waals surface area contributed by atoms with Gasteiger partial charge >= 0.3 is 0 Å². The first-order chi connectivity index (χ1) is 8.72. The largest absolute Gasteiger partial charge is 0.307 e. The highest BCUT2D eigenvalue weighted by atomic mass is 79.9. The summed E-state index contributed by atoms with van der Waals surface area (Å²) >= 11 is 3.56. The lowest BCUT2D eigenvalue weighted by Crippen LogP contribution is -2.61. The minimum absolute atomic E-state index is 0.474. The van der Waals surface area contributed by atoms with E-state index >= 15 is 0 Å². The summed E-state index contributed by atoms with van der Waals surface area (Å²) in [4.78, 5) is 5.07. The molecule has 0 radical (unpaired) electrons. The van der Waals surface area contributed by atoms with Crippen LogP contribution in [0.25, 0.3) is 0 Å². The zero-order chi connectivity index (χ0) is 12.5. The van der Waals surface area contributed by atoms with Gasteiger partial charge in [-0.05, 0) is 24.7 Å². The van der Waals surface area contributed by atoms with Crippen molar-refractivity contribution in [3.05, 3.63) is 34.3 Å². The molecule has 2 unspecified atom stereocenters. The van der Waals surface area contributed by atoms with Gasteiger partial charge in [-0.25, -0.2) is 0 Å². The lowest BCUT2D eigenvalue weighted by atomic mass is 10.0. The van der Waals surface area contributed by atoms with E-state index in [2.05, 4.69) is 62.4 Å². The predicted octanol–water partition coefficient (Wildman–Crippen LogP) is 1.71. The first-order valence-corrected chi connectivity index (χ1v) is 7.43. The van der Waals surface area contributed by atoms with E-state index in [9.17, 15) is 0 Å². The van der Waals surface area contributed by atoms with Crippen molar-refractivity contribution in [3.8, 4) is 0 Å². The monoisotopic (exact) mass is 309 g/mol. The molecule has 2 saturated heterocycles. The van der Waals surface area contributed by atoms with Crippen molar-refractivity contribution in [2.45, 2.75) is 12.1 Å². The number of fused-ring (bicyclic) bond motifs is 1. The molecule has 2 fully saturated rings. The van der Waals surface area contributed by atoms with Crippen LogP contribution in [-0.4, -0.2) is 55.6 Å². The molecular formula is C14H20BrN3. The summed E-state index contributed by atoms with van der Waals surface area (Å²) in [6.45, 7) is 5.82. The van der Waals surface area contributed by atoms with Crippen LogP contribution in [0.5, 0.6) is 0 Å². The van der Waals surface area contributed by atoms with E-state index in [1.807, 2.05) is 0 Å². The van der Waals surface area contributed by atoms with Gasteiger partial charge in [-0.1, -0.05) is 28.1 Å². The van der Waals surface area contributed by atoms with Crippen LogP contribution in [0.15, 0.2) is 28.7 Å². The van der Waals surface area contributed by atoms with E-state index in [0.717, 1.165) is 13.1 Å². The molecule has 1 N–H and O–H groups in total. The molecule has 0 spiro atoms. The van der Waals surface area contributed by atoms with Crippen LogP contribution in [0.3, 0.4) is 0 Å². The molecule has 2 heterocycles. The average molecular weight is 310 g/mol. The Balaban J connectivity index is 1.70. The van der Waals surface area contributed by atoms with E-state index in [-0.39, 0.29) is 0 Å². The standard InChI is InChI=1S/C14H20BrN3/c1-17-5-6-18-10-14(16-8-13(18)9-17)11-3-2-4-12(15)7-11/h2-4,7,13-14,16H,5-6,8-10H2,1H3. The quantitative estimate of drug-likeness (QED) is 0.852. The van der Waals surface area contributed by atoms with E-state index in [4.69, 9.17) is 0 Å². The maximum absolute atomic E-state index is 3.69. The molecule has 2 aliphatic heterocycles. The maximum Gasteiger partial charge on any atom is 0.0450 e. The van der Waals surface area contributed by atoms with Crippen molar-refractivity contribution in [3.63, 3.8) is 0 Å². The second-order valence-corrected chi connectivity index (χ2v) is 6.34. The molecule has 0 aliphatic carbocycles. The Kier molecular flexibility index (Phi) is 3.71. The first-order valence-electron chi connectivity index (χ1n) is 6.64. The van der Waals surface area contributed by atoms with Crippen molar-refractivity contribution in [2.24, 2.45) is 0 Å². The SMILES string of the molecule is CN1CCN2CC(c3cccc(Br)c3)NCC2C1. The number of likely N-dealkylation sites (N-methyl/N-ethyl adjacent to an activating group) is 1. The van der Waals surface area contributed by atoms with E-state index in [1.165, 1.54) is 29.7 Å². The highest BCUT2D eigenvalue weighted by molar-refractivity contribution is 9.10. The summed E-state index contributed by atoms with van der Waals surface area (Å²) in [6.07, 6.45) is 0. The molecule has 2 aliphatic rings. The van der Waals surface area contributed by atoms with Crippen LogP contribution in [-0.2, 0) is 0 Å². The molecular weight excluding hydrogens is 290 g/mol. The molecule has 98 valence electrons. The summed E-state index contributed by atoms with van der Waals surface area (Å²) in [7, 11) is 2.22. The molecule has 3 rings (SSSR count). The van der Waals surface area contributed by atoms with Crippen molar-refractivity contribution in [2.75, 3.05) is 39.8 Å². The number of halogens is 1. The summed E-state index contributed by atoms with van der Waals surface area (Å²) < 4.78 is 1.17. The molecule has 18 heavy (non-hydrogen) atoms. The highest BCUT2D eigenvalue weighted by Gasteiger charge is 2.31. The third-order valence-electron chi connectivity index (χ3n) is 4.08. The molecule has 1 aromatic carbocycles. The molecule has 4 heteroatoms. The number of piperazine rings is 2. The van der Waals surface area contributed by atoms with Gasteiger partial charge in [0.15, 0.2) is 0 Å². The van der Waals surface area contributed by atoms with Gasteiger partial charge in [0.05, 0.1) is 0 Å². The molecule has 0 saturated carbocycles. The van der Waals surface area contributed by atoms with Crippen molar-refractivity contribution >= 4 is 15.9 Å². The summed E-state index contributed by atoms with van der Waals surface area (Å²) in [6, 6.07) is 9.82. The van der Waals surface area contributed by atoms with Gasteiger partial charge in [0.25, 0.3) is 0 Å². The van der Waals surface area contributed by atoms with Gasteiger partial charge in [0.2, 0.25) is 0 Å². The predicted molar refractivity (Wildman–Crippen MR) is 77.7 cm³/mol.